The van der Waals surface area contributed by atoms with Gasteiger partial charge in [-0.3, -0.25) is 4.79 Å². The van der Waals surface area contributed by atoms with E-state index in [2.05, 4.69) is 6.92 Å². The van der Waals surface area contributed by atoms with Crippen molar-refractivity contribution in [2.24, 2.45) is 17.8 Å². The van der Waals surface area contributed by atoms with Gasteiger partial charge in [-0.15, -0.1) is 0 Å². The lowest BCUT2D eigenvalue weighted by Crippen LogP contribution is -2.16. The van der Waals surface area contributed by atoms with Crippen molar-refractivity contribution in [1.82, 2.24) is 0 Å². The molecule has 2 saturated carbocycles. The first-order valence-electron chi connectivity index (χ1n) is 5.80. The zero-order chi connectivity index (χ0) is 9.26. The first-order chi connectivity index (χ1) is 6.27. The Morgan fingerprint density at radius 2 is 2.00 bits per heavy atom. The molecule has 0 aromatic rings. The molecule has 0 heterocycles. The third-order valence-corrected chi connectivity index (χ3v) is 3.77. The molecule has 0 aliphatic heterocycles. The summed E-state index contributed by atoms with van der Waals surface area (Å²) in [6, 6.07) is 0. The second-order valence-corrected chi connectivity index (χ2v) is 4.96. The molecule has 0 spiro atoms. The lowest BCUT2D eigenvalue weighted by Gasteiger charge is -2.13. The molecule has 0 N–H and O–H groups in total. The van der Waals surface area contributed by atoms with Crippen molar-refractivity contribution in [3.8, 4) is 0 Å². The zero-order valence-electron chi connectivity index (χ0n) is 8.59. The minimum Gasteiger partial charge on any atom is -0.299 e. The van der Waals surface area contributed by atoms with Crippen molar-refractivity contribution in [3.63, 3.8) is 0 Å². The molecule has 2 aliphatic carbocycles. The van der Waals surface area contributed by atoms with E-state index < -0.39 is 0 Å². The van der Waals surface area contributed by atoms with E-state index in [0.717, 1.165) is 12.3 Å². The summed E-state index contributed by atoms with van der Waals surface area (Å²) in [5.41, 5.74) is 0. The predicted octanol–water partition coefficient (Wildman–Crippen LogP) is 3.18. The molecule has 0 bridgehead atoms. The van der Waals surface area contributed by atoms with Crippen molar-refractivity contribution in [3.05, 3.63) is 0 Å². The fourth-order valence-corrected chi connectivity index (χ4v) is 2.56. The third-order valence-electron chi connectivity index (χ3n) is 3.77. The molecule has 1 nitrogen and oxygen atoms in total. The largest absolute Gasteiger partial charge is 0.299 e. The van der Waals surface area contributed by atoms with E-state index in [1.54, 1.807) is 0 Å². The Kier molecular flexibility index (Phi) is 2.71. The average Bonchev–Trinajstić information content (AvgIpc) is 2.84. The lowest BCUT2D eigenvalue weighted by molar-refractivity contribution is -0.123. The number of carbonyl (C=O) groups is 1. The Labute approximate surface area is 80.9 Å². The maximum Gasteiger partial charge on any atom is 0.136 e. The first kappa shape index (κ1) is 9.23. The van der Waals surface area contributed by atoms with Crippen LogP contribution in [0.2, 0.25) is 0 Å². The molecule has 0 amide bonds. The first-order valence-corrected chi connectivity index (χ1v) is 5.80. The lowest BCUT2D eigenvalue weighted by atomic mass is 9.91. The molecule has 0 aromatic carbocycles. The van der Waals surface area contributed by atoms with Gasteiger partial charge in [0.1, 0.15) is 5.78 Å². The summed E-state index contributed by atoms with van der Waals surface area (Å²) in [5.74, 6) is 2.59. The van der Waals surface area contributed by atoms with Gasteiger partial charge >= 0.3 is 0 Å². The van der Waals surface area contributed by atoms with Gasteiger partial charge in [-0.05, 0) is 31.1 Å². The molecule has 2 aliphatic rings. The van der Waals surface area contributed by atoms with Crippen LogP contribution < -0.4 is 0 Å². The van der Waals surface area contributed by atoms with Crippen LogP contribution in [-0.4, -0.2) is 5.78 Å². The van der Waals surface area contributed by atoms with Crippen LogP contribution in [0.25, 0.3) is 0 Å². The van der Waals surface area contributed by atoms with Gasteiger partial charge in [-0.2, -0.15) is 0 Å². The van der Waals surface area contributed by atoms with Crippen LogP contribution in [-0.2, 0) is 4.79 Å². The molecule has 2 rings (SSSR count). The van der Waals surface area contributed by atoms with E-state index in [4.69, 9.17) is 0 Å². The van der Waals surface area contributed by atoms with Gasteiger partial charge in [0.2, 0.25) is 0 Å². The summed E-state index contributed by atoms with van der Waals surface area (Å²) in [4.78, 5) is 11.8. The number of hydrogen-bond acceptors (Lipinski definition) is 1. The normalized spacial score (nSPS) is 33.6. The van der Waals surface area contributed by atoms with Crippen molar-refractivity contribution in [2.45, 2.75) is 51.9 Å². The van der Waals surface area contributed by atoms with Gasteiger partial charge in [0.15, 0.2) is 0 Å². The molecule has 1 heteroatoms. The molecule has 0 radical (unpaired) electrons. The van der Waals surface area contributed by atoms with Gasteiger partial charge in [-0.25, -0.2) is 0 Å². The standard InChI is InChI=1S/C12H20O/c1-9-3-2-4-11(9)12(13)8-7-10-5-6-10/h9-11H,2-8H2,1H3. The number of ketones is 1. The van der Waals surface area contributed by atoms with Gasteiger partial charge in [0.05, 0.1) is 0 Å². The molecular weight excluding hydrogens is 160 g/mol. The highest BCUT2D eigenvalue weighted by atomic mass is 16.1. The van der Waals surface area contributed by atoms with Crippen LogP contribution >= 0.6 is 0 Å². The number of hydrogen-bond donors (Lipinski definition) is 0. The third kappa shape index (κ3) is 2.32. The second kappa shape index (κ2) is 3.81. The van der Waals surface area contributed by atoms with Gasteiger partial charge in [-0.1, -0.05) is 26.2 Å². The van der Waals surface area contributed by atoms with Gasteiger partial charge < -0.3 is 0 Å². The van der Waals surface area contributed by atoms with E-state index in [1.165, 1.54) is 38.5 Å². The SMILES string of the molecule is CC1CCCC1C(=O)CCC1CC1. The summed E-state index contributed by atoms with van der Waals surface area (Å²) >= 11 is 0. The molecule has 2 atom stereocenters. The fourth-order valence-electron chi connectivity index (χ4n) is 2.56. The van der Waals surface area contributed by atoms with Crippen molar-refractivity contribution in [2.75, 3.05) is 0 Å². The van der Waals surface area contributed by atoms with Crippen LogP contribution in [0.15, 0.2) is 0 Å². The quantitative estimate of drug-likeness (QED) is 0.649. The molecule has 74 valence electrons. The monoisotopic (exact) mass is 180 g/mol. The molecule has 2 fully saturated rings. The van der Waals surface area contributed by atoms with Crippen molar-refractivity contribution < 1.29 is 4.79 Å². The summed E-state index contributed by atoms with van der Waals surface area (Å²) in [6.45, 7) is 2.24. The summed E-state index contributed by atoms with van der Waals surface area (Å²) in [7, 11) is 0. The van der Waals surface area contributed by atoms with Gasteiger partial charge in [0.25, 0.3) is 0 Å². The Hall–Kier alpha value is -0.330. The van der Waals surface area contributed by atoms with E-state index >= 15 is 0 Å². The highest BCUT2D eigenvalue weighted by molar-refractivity contribution is 5.81. The Morgan fingerprint density at radius 1 is 1.23 bits per heavy atom. The molecule has 2 unspecified atom stereocenters. The molecule has 0 saturated heterocycles. The summed E-state index contributed by atoms with van der Waals surface area (Å²) in [5, 5.41) is 0. The van der Waals surface area contributed by atoms with Gasteiger partial charge in [0, 0.05) is 12.3 Å². The van der Waals surface area contributed by atoms with Crippen molar-refractivity contribution >= 4 is 5.78 Å². The maximum atomic E-state index is 11.8. The Morgan fingerprint density at radius 3 is 2.54 bits per heavy atom. The van der Waals surface area contributed by atoms with Crippen LogP contribution in [0.3, 0.4) is 0 Å². The molecule has 0 aromatic heterocycles. The summed E-state index contributed by atoms with van der Waals surface area (Å²) < 4.78 is 0. The topological polar surface area (TPSA) is 17.1 Å². The summed E-state index contributed by atoms with van der Waals surface area (Å²) in [6.07, 6.45) is 8.55. The number of Topliss-reactive ketones (excluding diaryl/α,β-unsaturated/α-hetero) is 1. The number of carbonyl (C=O) groups excluding carboxylic acids is 1. The Bertz CT molecular complexity index is 193. The highest BCUT2D eigenvalue weighted by Gasteiger charge is 2.30. The van der Waals surface area contributed by atoms with Crippen LogP contribution in [0.1, 0.15) is 51.9 Å². The van der Waals surface area contributed by atoms with Crippen molar-refractivity contribution in [1.29, 1.82) is 0 Å². The second-order valence-electron chi connectivity index (χ2n) is 4.96. The minimum atomic E-state index is 0.429. The highest BCUT2D eigenvalue weighted by Crippen LogP contribution is 2.36. The Balaban J connectivity index is 1.74. The molecular formula is C12H20O. The fraction of sp³-hybridized carbons (Fsp3) is 0.917. The van der Waals surface area contributed by atoms with Crippen LogP contribution in [0.4, 0.5) is 0 Å². The smallest absolute Gasteiger partial charge is 0.136 e. The number of rotatable bonds is 4. The minimum absolute atomic E-state index is 0.429. The van der Waals surface area contributed by atoms with E-state index in [1.807, 2.05) is 0 Å². The average molecular weight is 180 g/mol. The van der Waals surface area contributed by atoms with E-state index in [9.17, 15) is 4.79 Å². The van der Waals surface area contributed by atoms with E-state index in [-0.39, 0.29) is 0 Å². The zero-order valence-corrected chi connectivity index (χ0v) is 8.59. The van der Waals surface area contributed by atoms with Crippen LogP contribution in [0, 0.1) is 17.8 Å². The maximum absolute atomic E-state index is 11.8. The van der Waals surface area contributed by atoms with E-state index in [0.29, 0.717) is 17.6 Å². The molecule has 13 heavy (non-hydrogen) atoms. The van der Waals surface area contributed by atoms with Crippen LogP contribution in [0.5, 0.6) is 0 Å². The predicted molar refractivity (Wildman–Crippen MR) is 53.5 cm³/mol.